The Bertz CT molecular complexity index is 780. The second kappa shape index (κ2) is 8.48. The number of halogens is 2. The van der Waals surface area contributed by atoms with Crippen LogP contribution in [0.15, 0.2) is 48.5 Å². The van der Waals surface area contributed by atoms with E-state index in [1.807, 2.05) is 29.2 Å². The number of hydrogen-bond donors (Lipinski definition) is 0. The zero-order chi connectivity index (χ0) is 19.4. The van der Waals surface area contributed by atoms with Crippen LogP contribution in [0.1, 0.15) is 23.7 Å². The maximum Gasteiger partial charge on any atom is 0.387 e. The molecule has 1 aliphatic heterocycles. The molecule has 0 radical (unpaired) electrons. The van der Waals surface area contributed by atoms with E-state index < -0.39 is 6.61 Å². The van der Waals surface area contributed by atoms with Crippen LogP contribution in [0.25, 0.3) is 11.1 Å². The van der Waals surface area contributed by atoms with Crippen molar-refractivity contribution in [1.82, 2.24) is 9.80 Å². The molecule has 4 nitrogen and oxygen atoms in total. The van der Waals surface area contributed by atoms with Crippen LogP contribution in [0.4, 0.5) is 8.78 Å². The summed E-state index contributed by atoms with van der Waals surface area (Å²) in [5, 5.41) is 0. The van der Waals surface area contributed by atoms with Crippen LogP contribution in [0.3, 0.4) is 0 Å². The largest absolute Gasteiger partial charge is 0.435 e. The molecule has 0 aromatic heterocycles. The number of carbonyl (C=O) groups excluding carboxylic acids is 1. The molecule has 1 atom stereocenters. The molecule has 3 rings (SSSR count). The van der Waals surface area contributed by atoms with Gasteiger partial charge in [-0.25, -0.2) is 0 Å². The number of benzene rings is 2. The summed E-state index contributed by atoms with van der Waals surface area (Å²) in [6.45, 7) is 1.82. The summed E-state index contributed by atoms with van der Waals surface area (Å²) < 4.78 is 28.9. The normalized spacial score (nSPS) is 18.4. The first-order valence-electron chi connectivity index (χ1n) is 9.09. The maximum absolute atomic E-state index is 13.0. The van der Waals surface area contributed by atoms with E-state index in [-0.39, 0.29) is 17.7 Å². The van der Waals surface area contributed by atoms with Crippen molar-refractivity contribution < 1.29 is 18.3 Å². The molecule has 0 unspecified atom stereocenters. The Kier molecular flexibility index (Phi) is 6.06. The van der Waals surface area contributed by atoms with Gasteiger partial charge in [-0.15, -0.1) is 0 Å². The third-order valence-electron chi connectivity index (χ3n) is 4.83. The van der Waals surface area contributed by atoms with Crippen molar-refractivity contribution in [3.8, 4) is 16.9 Å². The number of nitrogens with zero attached hydrogens (tertiary/aromatic N) is 2. The first-order valence-corrected chi connectivity index (χ1v) is 9.09. The number of amides is 1. The monoisotopic (exact) mass is 374 g/mol. The number of alkyl halides is 2. The third kappa shape index (κ3) is 4.83. The van der Waals surface area contributed by atoms with Crippen molar-refractivity contribution in [3.05, 3.63) is 54.1 Å². The molecule has 0 aliphatic carbocycles. The highest BCUT2D eigenvalue weighted by molar-refractivity contribution is 5.95. The number of carbonyl (C=O) groups is 1. The van der Waals surface area contributed by atoms with E-state index in [1.165, 1.54) is 12.1 Å². The van der Waals surface area contributed by atoms with Gasteiger partial charge in [-0.3, -0.25) is 4.79 Å². The molecule has 0 bridgehead atoms. The molecular formula is C21H24F2N2O2. The summed E-state index contributed by atoms with van der Waals surface area (Å²) >= 11 is 0. The molecule has 0 spiro atoms. The Morgan fingerprint density at radius 3 is 2.56 bits per heavy atom. The summed E-state index contributed by atoms with van der Waals surface area (Å²) in [6, 6.07) is 14.0. The average molecular weight is 374 g/mol. The molecule has 0 saturated carbocycles. The number of ether oxygens (including phenoxy) is 1. The standard InChI is InChI=1S/C21H24F2N2O2/c1-15-14-24(2)11-4-12-25(15)20(26)18-6-3-5-17(13-18)16-7-9-19(10-8-16)27-21(22)23/h3,5-10,13,15,21H,4,11-12,14H2,1-2H3/t15-/m0/s1. The van der Waals surface area contributed by atoms with Crippen LogP contribution in [0.2, 0.25) is 0 Å². The van der Waals surface area contributed by atoms with E-state index in [1.54, 1.807) is 12.1 Å². The number of rotatable bonds is 4. The van der Waals surface area contributed by atoms with Gasteiger partial charge in [-0.2, -0.15) is 8.78 Å². The SMILES string of the molecule is C[C@H]1CN(C)CCCN1C(=O)c1cccc(-c2ccc(OC(F)F)cc2)c1. The van der Waals surface area contributed by atoms with E-state index in [0.29, 0.717) is 5.56 Å². The zero-order valence-electron chi connectivity index (χ0n) is 15.6. The van der Waals surface area contributed by atoms with Crippen LogP contribution >= 0.6 is 0 Å². The molecule has 1 heterocycles. The van der Waals surface area contributed by atoms with Gasteiger partial charge in [0.15, 0.2) is 0 Å². The minimum absolute atomic E-state index is 0.0253. The predicted octanol–water partition coefficient (Wildman–Crippen LogP) is 4.12. The zero-order valence-corrected chi connectivity index (χ0v) is 15.6. The van der Waals surface area contributed by atoms with Crippen molar-refractivity contribution >= 4 is 5.91 Å². The smallest absolute Gasteiger partial charge is 0.387 e. The molecule has 1 fully saturated rings. The highest BCUT2D eigenvalue weighted by Gasteiger charge is 2.25. The first kappa shape index (κ1) is 19.3. The molecule has 0 N–H and O–H groups in total. The van der Waals surface area contributed by atoms with Crippen molar-refractivity contribution in [1.29, 1.82) is 0 Å². The van der Waals surface area contributed by atoms with E-state index in [2.05, 4.69) is 23.6 Å². The van der Waals surface area contributed by atoms with Crippen LogP contribution in [-0.4, -0.2) is 55.0 Å². The molecule has 6 heteroatoms. The topological polar surface area (TPSA) is 32.8 Å². The molecule has 1 amide bonds. The van der Waals surface area contributed by atoms with Crippen molar-refractivity contribution in [3.63, 3.8) is 0 Å². The van der Waals surface area contributed by atoms with Crippen molar-refractivity contribution in [2.75, 3.05) is 26.7 Å². The molecule has 1 saturated heterocycles. The minimum Gasteiger partial charge on any atom is -0.435 e. The Balaban J connectivity index is 1.79. The van der Waals surface area contributed by atoms with Crippen LogP contribution < -0.4 is 4.74 Å². The number of likely N-dealkylation sites (N-methyl/N-ethyl adjacent to an activating group) is 1. The van der Waals surface area contributed by atoms with Crippen molar-refractivity contribution in [2.45, 2.75) is 26.0 Å². The fourth-order valence-corrected chi connectivity index (χ4v) is 3.50. The van der Waals surface area contributed by atoms with Gasteiger partial charge in [-0.1, -0.05) is 24.3 Å². The Morgan fingerprint density at radius 2 is 1.85 bits per heavy atom. The molecule has 2 aromatic rings. The lowest BCUT2D eigenvalue weighted by molar-refractivity contribution is -0.0498. The second-order valence-corrected chi connectivity index (χ2v) is 6.95. The van der Waals surface area contributed by atoms with Gasteiger partial charge in [0.1, 0.15) is 5.75 Å². The fraction of sp³-hybridized carbons (Fsp3) is 0.381. The molecule has 27 heavy (non-hydrogen) atoms. The summed E-state index contributed by atoms with van der Waals surface area (Å²) in [4.78, 5) is 17.2. The lowest BCUT2D eigenvalue weighted by Crippen LogP contribution is -2.42. The average Bonchev–Trinajstić information content (AvgIpc) is 2.81. The molecule has 2 aromatic carbocycles. The van der Waals surface area contributed by atoms with E-state index in [0.717, 1.165) is 37.2 Å². The minimum atomic E-state index is -2.84. The quantitative estimate of drug-likeness (QED) is 0.807. The molecule has 1 aliphatic rings. The van der Waals surface area contributed by atoms with Gasteiger partial charge in [0.05, 0.1) is 0 Å². The van der Waals surface area contributed by atoms with E-state index in [9.17, 15) is 13.6 Å². The summed E-state index contributed by atoms with van der Waals surface area (Å²) in [5.41, 5.74) is 2.34. The highest BCUT2D eigenvalue weighted by atomic mass is 19.3. The lowest BCUT2D eigenvalue weighted by Gasteiger charge is -2.28. The second-order valence-electron chi connectivity index (χ2n) is 6.95. The molecular weight excluding hydrogens is 350 g/mol. The van der Waals surface area contributed by atoms with Gasteiger partial charge in [0.2, 0.25) is 0 Å². The lowest BCUT2D eigenvalue weighted by atomic mass is 10.0. The summed E-state index contributed by atoms with van der Waals surface area (Å²) in [6.07, 6.45) is 0.956. The van der Waals surface area contributed by atoms with Crippen LogP contribution in [-0.2, 0) is 0 Å². The van der Waals surface area contributed by atoms with Crippen LogP contribution in [0.5, 0.6) is 5.75 Å². The van der Waals surface area contributed by atoms with Gasteiger partial charge >= 0.3 is 6.61 Å². The van der Waals surface area contributed by atoms with Gasteiger partial charge in [0, 0.05) is 24.7 Å². The van der Waals surface area contributed by atoms with E-state index >= 15 is 0 Å². The van der Waals surface area contributed by atoms with Crippen LogP contribution in [0, 0.1) is 0 Å². The summed E-state index contributed by atoms with van der Waals surface area (Å²) in [7, 11) is 2.08. The third-order valence-corrected chi connectivity index (χ3v) is 4.83. The fourth-order valence-electron chi connectivity index (χ4n) is 3.50. The Hall–Kier alpha value is -2.47. The summed E-state index contributed by atoms with van der Waals surface area (Å²) in [5.74, 6) is 0.140. The Morgan fingerprint density at radius 1 is 1.11 bits per heavy atom. The van der Waals surface area contributed by atoms with E-state index in [4.69, 9.17) is 0 Å². The Labute approximate surface area is 158 Å². The molecule has 144 valence electrons. The number of hydrogen-bond acceptors (Lipinski definition) is 3. The first-order chi connectivity index (χ1) is 12.9. The highest BCUT2D eigenvalue weighted by Crippen LogP contribution is 2.25. The maximum atomic E-state index is 13.0. The predicted molar refractivity (Wildman–Crippen MR) is 101 cm³/mol. The van der Waals surface area contributed by atoms with Gasteiger partial charge in [0.25, 0.3) is 5.91 Å². The van der Waals surface area contributed by atoms with Gasteiger partial charge < -0.3 is 14.5 Å². The van der Waals surface area contributed by atoms with Gasteiger partial charge in [-0.05, 0) is 62.3 Å². The van der Waals surface area contributed by atoms with Crippen molar-refractivity contribution in [2.24, 2.45) is 0 Å².